The SMILES string of the molecule is CC1CC(N2Cc3ccc(SN)cc3C2)CO[C@@H]1c1cc(F)ccc1F.CCCC(C)(C)C. The van der Waals surface area contributed by atoms with Crippen molar-refractivity contribution in [1.82, 2.24) is 4.90 Å². The predicted molar refractivity (Wildman–Crippen MR) is 133 cm³/mol. The zero-order valence-corrected chi connectivity index (χ0v) is 21.4. The zero-order chi connectivity index (χ0) is 24.2. The molecule has 1 saturated heterocycles. The molecule has 0 aromatic heterocycles. The van der Waals surface area contributed by atoms with E-state index in [1.165, 1.54) is 48.0 Å². The number of nitrogens with zero attached hydrogens (tertiary/aromatic N) is 1. The lowest BCUT2D eigenvalue weighted by molar-refractivity contribution is -0.0721. The minimum absolute atomic E-state index is 0.115. The highest BCUT2D eigenvalue weighted by Gasteiger charge is 2.35. The zero-order valence-electron chi connectivity index (χ0n) is 20.5. The quantitative estimate of drug-likeness (QED) is 0.472. The number of nitrogens with two attached hydrogens (primary N) is 1. The van der Waals surface area contributed by atoms with Crippen LogP contribution in [0.15, 0.2) is 41.3 Å². The van der Waals surface area contributed by atoms with Gasteiger partial charge in [0.1, 0.15) is 11.6 Å². The van der Waals surface area contributed by atoms with Gasteiger partial charge in [-0.2, -0.15) is 0 Å². The van der Waals surface area contributed by atoms with Gasteiger partial charge in [0.15, 0.2) is 0 Å². The molecule has 2 unspecified atom stereocenters. The van der Waals surface area contributed by atoms with Crippen LogP contribution in [0, 0.1) is 23.0 Å². The number of halogens is 2. The number of rotatable bonds is 4. The Balaban J connectivity index is 0.000000383. The summed E-state index contributed by atoms with van der Waals surface area (Å²) < 4.78 is 33.6. The molecule has 0 spiro atoms. The molecular weight excluding hydrogens is 438 g/mol. The van der Waals surface area contributed by atoms with Crippen LogP contribution in [0.2, 0.25) is 0 Å². The second-order valence-electron chi connectivity index (χ2n) is 10.6. The average Bonchev–Trinajstić information content (AvgIpc) is 3.18. The molecule has 0 amide bonds. The maximum Gasteiger partial charge on any atom is 0.129 e. The molecule has 0 saturated carbocycles. The Hall–Kier alpha value is -1.47. The van der Waals surface area contributed by atoms with Crippen LogP contribution in [0.1, 0.15) is 76.7 Å². The number of hydrogen-bond acceptors (Lipinski definition) is 4. The Morgan fingerprint density at radius 1 is 1.09 bits per heavy atom. The molecule has 182 valence electrons. The fourth-order valence-electron chi connectivity index (χ4n) is 4.86. The largest absolute Gasteiger partial charge is 0.372 e. The van der Waals surface area contributed by atoms with Crippen molar-refractivity contribution in [2.45, 2.75) is 84.0 Å². The van der Waals surface area contributed by atoms with Gasteiger partial charge in [0, 0.05) is 29.6 Å². The fourth-order valence-corrected chi connectivity index (χ4v) is 5.22. The van der Waals surface area contributed by atoms with Crippen molar-refractivity contribution in [2.75, 3.05) is 6.61 Å². The molecule has 2 aliphatic rings. The molecule has 3 nitrogen and oxygen atoms in total. The van der Waals surface area contributed by atoms with Gasteiger partial charge in [-0.25, -0.2) is 8.78 Å². The first-order chi connectivity index (χ1) is 15.6. The number of benzene rings is 2. The van der Waals surface area contributed by atoms with E-state index in [2.05, 4.69) is 50.8 Å². The molecule has 2 aromatic carbocycles. The van der Waals surface area contributed by atoms with E-state index >= 15 is 0 Å². The van der Waals surface area contributed by atoms with E-state index in [-0.39, 0.29) is 12.0 Å². The van der Waals surface area contributed by atoms with Crippen molar-refractivity contribution < 1.29 is 13.5 Å². The number of ether oxygens (including phenoxy) is 1. The maximum atomic E-state index is 14.1. The predicted octanol–water partition coefficient (Wildman–Crippen LogP) is 7.25. The highest BCUT2D eigenvalue weighted by Crippen LogP contribution is 2.38. The number of fused-ring (bicyclic) bond motifs is 1. The molecule has 4 rings (SSSR count). The van der Waals surface area contributed by atoms with E-state index in [0.29, 0.717) is 17.6 Å². The van der Waals surface area contributed by atoms with Crippen molar-refractivity contribution in [3.63, 3.8) is 0 Å². The molecule has 6 heteroatoms. The van der Waals surface area contributed by atoms with Gasteiger partial charge in [-0.1, -0.05) is 47.1 Å². The average molecular weight is 477 g/mol. The first kappa shape index (κ1) is 26.1. The van der Waals surface area contributed by atoms with Gasteiger partial charge < -0.3 is 4.74 Å². The van der Waals surface area contributed by atoms with E-state index < -0.39 is 17.7 Å². The highest BCUT2D eigenvalue weighted by molar-refractivity contribution is 7.97. The Morgan fingerprint density at radius 2 is 1.82 bits per heavy atom. The van der Waals surface area contributed by atoms with Crippen LogP contribution < -0.4 is 5.14 Å². The lowest BCUT2D eigenvalue weighted by atomic mass is 9.88. The van der Waals surface area contributed by atoms with Gasteiger partial charge in [0.25, 0.3) is 0 Å². The molecule has 2 aliphatic heterocycles. The Bertz CT molecular complexity index is 931. The third kappa shape index (κ3) is 7.01. The van der Waals surface area contributed by atoms with Crippen LogP contribution in [-0.4, -0.2) is 17.5 Å². The summed E-state index contributed by atoms with van der Waals surface area (Å²) in [6.07, 6.45) is 3.15. The third-order valence-corrected chi connectivity index (χ3v) is 7.00. The highest BCUT2D eigenvalue weighted by atomic mass is 32.2. The first-order valence-corrected chi connectivity index (χ1v) is 12.8. The van der Waals surface area contributed by atoms with Crippen molar-refractivity contribution in [3.05, 3.63) is 64.7 Å². The van der Waals surface area contributed by atoms with E-state index in [4.69, 9.17) is 9.88 Å². The summed E-state index contributed by atoms with van der Waals surface area (Å²) in [6.45, 7) is 13.4. The smallest absolute Gasteiger partial charge is 0.129 e. The van der Waals surface area contributed by atoms with Gasteiger partial charge in [0.05, 0.1) is 12.7 Å². The lowest BCUT2D eigenvalue weighted by Gasteiger charge is -2.39. The molecule has 1 fully saturated rings. The summed E-state index contributed by atoms with van der Waals surface area (Å²) in [5.74, 6) is -0.714. The maximum absolute atomic E-state index is 14.1. The Kier molecular flexibility index (Phi) is 8.95. The van der Waals surface area contributed by atoms with Crippen LogP contribution in [0.3, 0.4) is 0 Å². The molecule has 2 N–H and O–H groups in total. The van der Waals surface area contributed by atoms with Crippen molar-refractivity contribution >= 4 is 11.9 Å². The van der Waals surface area contributed by atoms with Crippen molar-refractivity contribution in [2.24, 2.45) is 16.5 Å². The molecular formula is C27H38F2N2OS. The summed E-state index contributed by atoms with van der Waals surface area (Å²) >= 11 is 1.26. The Morgan fingerprint density at radius 3 is 2.42 bits per heavy atom. The summed E-state index contributed by atoms with van der Waals surface area (Å²) in [6, 6.07) is 10.2. The monoisotopic (exact) mass is 476 g/mol. The van der Waals surface area contributed by atoms with Crippen molar-refractivity contribution in [1.29, 1.82) is 0 Å². The first-order valence-electron chi connectivity index (χ1n) is 11.9. The summed E-state index contributed by atoms with van der Waals surface area (Å²) in [7, 11) is 0. The molecule has 2 heterocycles. The topological polar surface area (TPSA) is 38.5 Å². The van der Waals surface area contributed by atoms with Crippen LogP contribution in [0.4, 0.5) is 8.78 Å². The summed E-state index contributed by atoms with van der Waals surface area (Å²) in [5, 5.41) is 5.66. The van der Waals surface area contributed by atoms with Gasteiger partial charge >= 0.3 is 0 Å². The summed E-state index contributed by atoms with van der Waals surface area (Å²) in [5.41, 5.74) is 3.51. The van der Waals surface area contributed by atoms with Gasteiger partial charge in [-0.05, 0) is 77.6 Å². The van der Waals surface area contributed by atoms with Crippen LogP contribution in [0.25, 0.3) is 0 Å². The molecule has 0 bridgehead atoms. The fraction of sp³-hybridized carbons (Fsp3) is 0.556. The third-order valence-electron chi connectivity index (χ3n) is 6.47. The lowest BCUT2D eigenvalue weighted by Crippen LogP contribution is -2.41. The van der Waals surface area contributed by atoms with Crippen LogP contribution in [-0.2, 0) is 17.8 Å². The number of hydrogen-bond donors (Lipinski definition) is 1. The van der Waals surface area contributed by atoms with Gasteiger partial charge in [0.2, 0.25) is 0 Å². The summed E-state index contributed by atoms with van der Waals surface area (Å²) in [4.78, 5) is 3.48. The van der Waals surface area contributed by atoms with E-state index in [0.717, 1.165) is 30.5 Å². The minimum atomic E-state index is -0.428. The minimum Gasteiger partial charge on any atom is -0.372 e. The molecule has 2 aromatic rings. The molecule has 3 atom stereocenters. The second-order valence-corrected chi connectivity index (χ2v) is 11.3. The van der Waals surface area contributed by atoms with Crippen LogP contribution >= 0.6 is 11.9 Å². The van der Waals surface area contributed by atoms with E-state index in [1.807, 2.05) is 6.92 Å². The van der Waals surface area contributed by atoms with Crippen LogP contribution in [0.5, 0.6) is 0 Å². The van der Waals surface area contributed by atoms with Gasteiger partial charge in [-0.15, -0.1) is 0 Å². The van der Waals surface area contributed by atoms with E-state index in [9.17, 15) is 8.78 Å². The van der Waals surface area contributed by atoms with E-state index in [1.54, 1.807) is 0 Å². The Labute approximate surface area is 202 Å². The van der Waals surface area contributed by atoms with Gasteiger partial charge in [-0.3, -0.25) is 10.0 Å². The normalized spacial score (nSPS) is 23.1. The standard InChI is InChI=1S/C20H22F2N2OS.C7H16/c1-12-6-16(11-25-20(12)18-8-15(21)3-5-19(18)22)24-9-13-2-4-17(26-23)7-14(13)10-24;1-5-6-7(2,3)4/h2-5,7-8,12,16,20H,6,9-11,23H2,1H3;5-6H2,1-4H3/t12?,16?,20-;/m0./s1. The molecule has 33 heavy (non-hydrogen) atoms. The molecule has 0 radical (unpaired) electrons. The van der Waals surface area contributed by atoms with Crippen molar-refractivity contribution in [3.8, 4) is 0 Å². The second kappa shape index (κ2) is 11.3. The molecule has 0 aliphatic carbocycles.